The molecule has 2 N–H and O–H groups in total. The fourth-order valence-electron chi connectivity index (χ4n) is 2.49. The molecule has 2 heterocycles. The maximum absolute atomic E-state index is 13.4. The Balaban J connectivity index is 1.45. The van der Waals surface area contributed by atoms with Gasteiger partial charge in [0.2, 0.25) is 11.8 Å². The molecule has 0 unspecified atom stereocenters. The Morgan fingerprint density at radius 1 is 0.900 bits per heavy atom. The van der Waals surface area contributed by atoms with Crippen LogP contribution in [0.4, 0.5) is 27.5 Å². The number of pyridine rings is 1. The van der Waals surface area contributed by atoms with Gasteiger partial charge in [0.15, 0.2) is 0 Å². The Bertz CT molecular complexity index is 1160. The first-order valence-electron chi connectivity index (χ1n) is 8.77. The van der Waals surface area contributed by atoms with Crippen LogP contribution in [0.15, 0.2) is 77.5 Å². The highest BCUT2D eigenvalue weighted by Gasteiger charge is 2.07. The van der Waals surface area contributed by atoms with Crippen LogP contribution < -0.4 is 15.4 Å². The first-order valence-corrected chi connectivity index (χ1v) is 9.94. The molecule has 0 amide bonds. The molecule has 9 heteroatoms. The van der Waals surface area contributed by atoms with Crippen LogP contribution in [0, 0.1) is 5.82 Å². The fourth-order valence-corrected chi connectivity index (χ4v) is 2.90. The van der Waals surface area contributed by atoms with Gasteiger partial charge in [-0.3, -0.25) is 0 Å². The van der Waals surface area contributed by atoms with Gasteiger partial charge in [0.25, 0.3) is 0 Å². The summed E-state index contributed by atoms with van der Waals surface area (Å²) in [4.78, 5) is 12.9. The lowest BCUT2D eigenvalue weighted by atomic mass is 10.3. The van der Waals surface area contributed by atoms with Gasteiger partial charge in [-0.2, -0.15) is 4.98 Å². The highest BCUT2D eigenvalue weighted by Crippen LogP contribution is 2.26. The van der Waals surface area contributed by atoms with E-state index in [1.165, 1.54) is 12.1 Å². The van der Waals surface area contributed by atoms with Crippen molar-refractivity contribution in [1.29, 1.82) is 0 Å². The standard InChI is InChI=1S/C21H14BrClFN5O/c22-18-12-26-21(29-20(18)27-15-3-1-2-14(24)10-15)28-16-6-9-19(25-11-16)30-17-7-4-13(23)5-8-17/h1-12H,(H2,26,27,28,29). The summed E-state index contributed by atoms with van der Waals surface area (Å²) in [5, 5.41) is 6.77. The van der Waals surface area contributed by atoms with Gasteiger partial charge in [0.05, 0.1) is 16.4 Å². The molecule has 0 atom stereocenters. The number of nitrogens with one attached hydrogen (secondary N) is 2. The Morgan fingerprint density at radius 3 is 2.47 bits per heavy atom. The van der Waals surface area contributed by atoms with E-state index in [4.69, 9.17) is 16.3 Å². The van der Waals surface area contributed by atoms with E-state index in [2.05, 4.69) is 41.5 Å². The average molecular weight is 487 g/mol. The van der Waals surface area contributed by atoms with Crippen molar-refractivity contribution in [2.75, 3.05) is 10.6 Å². The number of benzene rings is 2. The van der Waals surface area contributed by atoms with Gasteiger partial charge in [-0.1, -0.05) is 17.7 Å². The van der Waals surface area contributed by atoms with Crippen LogP contribution >= 0.6 is 27.5 Å². The second-order valence-electron chi connectivity index (χ2n) is 6.09. The third-order valence-corrected chi connectivity index (χ3v) is 4.69. The van der Waals surface area contributed by atoms with E-state index >= 15 is 0 Å². The first kappa shape index (κ1) is 20.1. The van der Waals surface area contributed by atoms with Crippen LogP contribution in [-0.2, 0) is 0 Å². The number of halogens is 3. The summed E-state index contributed by atoms with van der Waals surface area (Å²) in [6, 6.07) is 16.6. The Morgan fingerprint density at radius 2 is 1.73 bits per heavy atom. The molecule has 2 aromatic heterocycles. The zero-order chi connectivity index (χ0) is 20.9. The largest absolute Gasteiger partial charge is 0.439 e. The van der Waals surface area contributed by atoms with Crippen LogP contribution in [0.5, 0.6) is 11.6 Å². The molecule has 2 aromatic carbocycles. The summed E-state index contributed by atoms with van der Waals surface area (Å²) in [5.74, 6) is 1.58. The number of aromatic nitrogens is 3. The van der Waals surface area contributed by atoms with Crippen molar-refractivity contribution in [2.24, 2.45) is 0 Å². The van der Waals surface area contributed by atoms with Gasteiger partial charge < -0.3 is 15.4 Å². The zero-order valence-corrected chi connectivity index (χ0v) is 17.7. The van der Waals surface area contributed by atoms with Crippen molar-refractivity contribution >= 4 is 50.7 Å². The molecular weight excluding hydrogens is 473 g/mol. The lowest BCUT2D eigenvalue weighted by Gasteiger charge is -2.11. The molecular formula is C21H14BrClFN5O. The number of hydrogen-bond acceptors (Lipinski definition) is 6. The number of anilines is 4. The Kier molecular flexibility index (Phi) is 6.06. The SMILES string of the molecule is Fc1cccc(Nc2nc(Nc3ccc(Oc4ccc(Cl)cc4)nc3)ncc2Br)c1. The molecule has 4 rings (SSSR count). The molecule has 150 valence electrons. The minimum Gasteiger partial charge on any atom is -0.439 e. The molecule has 0 fully saturated rings. The van der Waals surface area contributed by atoms with Crippen molar-refractivity contribution in [2.45, 2.75) is 0 Å². The van der Waals surface area contributed by atoms with Gasteiger partial charge in [-0.05, 0) is 64.5 Å². The quantitative estimate of drug-likeness (QED) is 0.316. The minimum atomic E-state index is -0.337. The summed E-state index contributed by atoms with van der Waals surface area (Å²) < 4.78 is 19.7. The average Bonchev–Trinajstić information content (AvgIpc) is 2.74. The van der Waals surface area contributed by atoms with Crippen molar-refractivity contribution < 1.29 is 9.13 Å². The van der Waals surface area contributed by atoms with Crippen LogP contribution in [-0.4, -0.2) is 15.0 Å². The molecule has 0 aliphatic carbocycles. The molecule has 0 aliphatic rings. The third-order valence-electron chi connectivity index (χ3n) is 3.86. The smallest absolute Gasteiger partial charge is 0.229 e. The van der Waals surface area contributed by atoms with E-state index < -0.39 is 0 Å². The first-order chi connectivity index (χ1) is 14.5. The second kappa shape index (κ2) is 9.06. The third kappa shape index (κ3) is 5.22. The van der Waals surface area contributed by atoms with Crippen molar-refractivity contribution in [3.8, 4) is 11.6 Å². The highest BCUT2D eigenvalue weighted by molar-refractivity contribution is 9.10. The van der Waals surface area contributed by atoms with Gasteiger partial charge >= 0.3 is 0 Å². The minimum absolute atomic E-state index is 0.337. The van der Waals surface area contributed by atoms with Crippen LogP contribution in [0.2, 0.25) is 5.02 Å². The monoisotopic (exact) mass is 485 g/mol. The van der Waals surface area contributed by atoms with E-state index in [-0.39, 0.29) is 5.82 Å². The van der Waals surface area contributed by atoms with Crippen molar-refractivity contribution in [3.05, 3.63) is 88.4 Å². The summed E-state index contributed by atoms with van der Waals surface area (Å²) in [6.07, 6.45) is 3.21. The van der Waals surface area contributed by atoms with Crippen molar-refractivity contribution in [3.63, 3.8) is 0 Å². The van der Waals surface area contributed by atoms with Crippen LogP contribution in [0.1, 0.15) is 0 Å². The van der Waals surface area contributed by atoms with Crippen LogP contribution in [0.3, 0.4) is 0 Å². The van der Waals surface area contributed by atoms with Crippen LogP contribution in [0.25, 0.3) is 0 Å². The summed E-state index contributed by atoms with van der Waals surface area (Å²) in [5.41, 5.74) is 1.25. The van der Waals surface area contributed by atoms with E-state index in [0.29, 0.717) is 44.3 Å². The van der Waals surface area contributed by atoms with E-state index in [1.54, 1.807) is 60.9 Å². The number of ether oxygens (including phenoxy) is 1. The van der Waals surface area contributed by atoms with Crippen molar-refractivity contribution in [1.82, 2.24) is 15.0 Å². The second-order valence-corrected chi connectivity index (χ2v) is 7.38. The maximum atomic E-state index is 13.4. The lowest BCUT2D eigenvalue weighted by molar-refractivity contribution is 0.463. The van der Waals surface area contributed by atoms with Gasteiger partial charge in [0.1, 0.15) is 17.4 Å². The summed E-state index contributed by atoms with van der Waals surface area (Å²) in [7, 11) is 0. The summed E-state index contributed by atoms with van der Waals surface area (Å²) >= 11 is 9.26. The van der Waals surface area contributed by atoms with E-state index in [9.17, 15) is 4.39 Å². The summed E-state index contributed by atoms with van der Waals surface area (Å²) in [6.45, 7) is 0. The number of rotatable bonds is 6. The molecule has 0 saturated carbocycles. The van der Waals surface area contributed by atoms with Gasteiger partial charge in [-0.25, -0.2) is 14.4 Å². The Labute approximate surface area is 185 Å². The lowest BCUT2D eigenvalue weighted by Crippen LogP contribution is -2.02. The Hall–Kier alpha value is -3.23. The molecule has 0 aliphatic heterocycles. The maximum Gasteiger partial charge on any atom is 0.229 e. The molecule has 0 spiro atoms. The number of nitrogens with zero attached hydrogens (tertiary/aromatic N) is 3. The molecule has 0 radical (unpaired) electrons. The zero-order valence-electron chi connectivity index (χ0n) is 15.3. The predicted octanol–water partition coefficient (Wildman–Crippen LogP) is 6.71. The normalized spacial score (nSPS) is 10.5. The fraction of sp³-hybridized carbons (Fsp3) is 0. The van der Waals surface area contributed by atoms with E-state index in [1.807, 2.05) is 0 Å². The molecule has 4 aromatic rings. The molecule has 6 nitrogen and oxygen atoms in total. The topological polar surface area (TPSA) is 72.0 Å². The molecule has 30 heavy (non-hydrogen) atoms. The van der Waals surface area contributed by atoms with Gasteiger partial charge in [-0.15, -0.1) is 0 Å². The molecule has 0 saturated heterocycles. The highest BCUT2D eigenvalue weighted by atomic mass is 79.9. The predicted molar refractivity (Wildman–Crippen MR) is 118 cm³/mol. The van der Waals surface area contributed by atoms with E-state index in [0.717, 1.165) is 0 Å². The van der Waals surface area contributed by atoms with Gasteiger partial charge in [0, 0.05) is 23.0 Å². The number of hydrogen-bond donors (Lipinski definition) is 2. The molecule has 0 bridgehead atoms.